The van der Waals surface area contributed by atoms with E-state index in [9.17, 15) is 0 Å². The maximum absolute atomic E-state index is 8.42. The summed E-state index contributed by atoms with van der Waals surface area (Å²) in [4.78, 5) is 0. The molecule has 3 aromatic rings. The molecule has 1 aliphatic rings. The topological polar surface area (TPSA) is 69.2 Å². The van der Waals surface area contributed by atoms with E-state index in [4.69, 9.17) is 15.1 Å². The normalized spacial score (nSPS) is 12.8. The van der Waals surface area contributed by atoms with Crippen LogP contribution in [0.1, 0.15) is 24.0 Å². The first-order chi connectivity index (χ1) is 10.7. The monoisotopic (exact) mass is 354 g/mol. The van der Waals surface area contributed by atoms with Gasteiger partial charge in [-0.2, -0.15) is 0 Å². The molecular formula is C18H16BCuO3. The van der Waals surface area contributed by atoms with E-state index in [1.165, 1.54) is 47.2 Å². The minimum Gasteiger partial charge on any atom is -0.907 e. The number of benzene rings is 3. The van der Waals surface area contributed by atoms with Crippen LogP contribution in [0, 0.1) is 0 Å². The van der Waals surface area contributed by atoms with E-state index in [1.54, 1.807) is 11.1 Å². The number of hydrogen-bond acceptors (Lipinski definition) is 3. The molecule has 0 N–H and O–H groups in total. The van der Waals surface area contributed by atoms with Crippen LogP contribution in [0.15, 0.2) is 48.5 Å². The molecule has 0 radical (unpaired) electrons. The zero-order valence-corrected chi connectivity index (χ0v) is 13.5. The van der Waals surface area contributed by atoms with Crippen LogP contribution in [-0.2, 0) is 29.9 Å². The van der Waals surface area contributed by atoms with Crippen LogP contribution in [0.3, 0.4) is 0 Å². The van der Waals surface area contributed by atoms with Crippen molar-refractivity contribution in [1.29, 1.82) is 0 Å². The van der Waals surface area contributed by atoms with Gasteiger partial charge in [-0.05, 0) is 58.4 Å². The summed E-state index contributed by atoms with van der Waals surface area (Å²) in [6.07, 6.45) is 5.22. The quantitative estimate of drug-likeness (QED) is 0.445. The van der Waals surface area contributed by atoms with Crippen LogP contribution < -0.4 is 15.1 Å². The van der Waals surface area contributed by atoms with Gasteiger partial charge in [-0.3, -0.25) is 7.32 Å². The molecule has 0 aliphatic heterocycles. The molecule has 0 heterocycles. The average molecular weight is 355 g/mol. The van der Waals surface area contributed by atoms with Gasteiger partial charge >= 0.3 is 17.1 Å². The fourth-order valence-corrected chi connectivity index (χ4v) is 3.34. The average Bonchev–Trinajstić information content (AvgIpc) is 2.54. The van der Waals surface area contributed by atoms with Gasteiger partial charge < -0.3 is 15.1 Å². The van der Waals surface area contributed by atoms with Gasteiger partial charge in [0.05, 0.1) is 0 Å². The molecule has 3 aromatic carbocycles. The molecule has 3 nitrogen and oxygen atoms in total. The Labute approximate surface area is 146 Å². The Bertz CT molecular complexity index is 802. The predicted molar refractivity (Wildman–Crippen MR) is 83.9 cm³/mol. The van der Waals surface area contributed by atoms with Crippen LogP contribution in [0.25, 0.3) is 21.5 Å². The minimum atomic E-state index is -2.92. The Morgan fingerprint density at radius 3 is 2.13 bits per heavy atom. The van der Waals surface area contributed by atoms with Crippen molar-refractivity contribution >= 4 is 28.9 Å². The summed E-state index contributed by atoms with van der Waals surface area (Å²) >= 11 is 0. The van der Waals surface area contributed by atoms with E-state index < -0.39 is 7.32 Å². The molecule has 0 amide bonds. The Hall–Kier alpha value is -1.36. The van der Waals surface area contributed by atoms with Crippen LogP contribution in [0.2, 0.25) is 0 Å². The van der Waals surface area contributed by atoms with Crippen LogP contribution in [0.5, 0.6) is 0 Å². The van der Waals surface area contributed by atoms with E-state index in [2.05, 4.69) is 48.5 Å². The summed E-state index contributed by atoms with van der Waals surface area (Å²) in [5.41, 5.74) is 3.17. The van der Waals surface area contributed by atoms with Crippen LogP contribution in [0.4, 0.5) is 0 Å². The molecule has 0 spiro atoms. The fourth-order valence-electron chi connectivity index (χ4n) is 3.34. The zero-order chi connectivity index (χ0) is 15.5. The largest absolute Gasteiger partial charge is 3.00 e. The maximum atomic E-state index is 8.42. The van der Waals surface area contributed by atoms with E-state index in [0.29, 0.717) is 0 Å². The Kier molecular flexibility index (Phi) is 6.22. The van der Waals surface area contributed by atoms with Gasteiger partial charge in [0.15, 0.2) is 0 Å². The third-order valence-electron chi connectivity index (χ3n) is 4.26. The van der Waals surface area contributed by atoms with Gasteiger partial charge in [0.2, 0.25) is 0 Å². The first-order valence-corrected chi connectivity index (χ1v) is 7.56. The van der Waals surface area contributed by atoms with Crippen molar-refractivity contribution in [2.24, 2.45) is 0 Å². The molecule has 0 atom stereocenters. The summed E-state index contributed by atoms with van der Waals surface area (Å²) in [7, 11) is -2.92. The number of hydrogen-bond donors (Lipinski definition) is 0. The molecule has 0 saturated heterocycles. The summed E-state index contributed by atoms with van der Waals surface area (Å²) < 4.78 is 0. The third-order valence-corrected chi connectivity index (χ3v) is 4.26. The fraction of sp³-hybridized carbons (Fsp3) is 0.222. The van der Waals surface area contributed by atoms with Gasteiger partial charge in [-0.15, -0.1) is 0 Å². The van der Waals surface area contributed by atoms with Crippen molar-refractivity contribution < 1.29 is 32.1 Å². The Morgan fingerprint density at radius 2 is 1.35 bits per heavy atom. The molecule has 4 rings (SSSR count). The van der Waals surface area contributed by atoms with Gasteiger partial charge in [0.25, 0.3) is 0 Å². The van der Waals surface area contributed by atoms with Crippen molar-refractivity contribution in [3.63, 3.8) is 0 Å². The molecule has 120 valence electrons. The predicted octanol–water partition coefficient (Wildman–Crippen LogP) is 0.922. The smallest absolute Gasteiger partial charge is 0.907 e. The standard InChI is InChI=1S/C18H16.BO3.Cu/c1-3-7-15-13(5-1)9-11-18-16-8-4-2-6-14(16)10-12-17(15)18;2-1(3)4;/h1,3,5,7,9-12H,2,4,6,8H2;;/q;-3;+3. The van der Waals surface area contributed by atoms with E-state index in [-0.39, 0.29) is 17.1 Å². The van der Waals surface area contributed by atoms with Gasteiger partial charge in [0.1, 0.15) is 0 Å². The van der Waals surface area contributed by atoms with Crippen molar-refractivity contribution in [3.05, 3.63) is 59.7 Å². The van der Waals surface area contributed by atoms with Crippen LogP contribution in [-0.4, -0.2) is 7.32 Å². The number of aryl methyl sites for hydroxylation is 2. The first-order valence-electron chi connectivity index (χ1n) is 7.56. The Balaban J connectivity index is 0.000000349. The molecule has 1 aliphatic carbocycles. The molecular weight excluding hydrogens is 339 g/mol. The van der Waals surface area contributed by atoms with Crippen LogP contribution >= 0.6 is 0 Å². The van der Waals surface area contributed by atoms with Gasteiger partial charge in [-0.25, -0.2) is 0 Å². The van der Waals surface area contributed by atoms with Crippen molar-refractivity contribution in [3.8, 4) is 0 Å². The SMILES string of the molecule is [Cu+3].[O-]B([O-])[O-].c1ccc2c(c1)ccc1c3c(ccc12)CCCC3. The molecule has 0 saturated carbocycles. The first kappa shape index (κ1) is 18.0. The summed E-state index contributed by atoms with van der Waals surface area (Å²) in [5.74, 6) is 0. The molecule has 5 heteroatoms. The van der Waals surface area contributed by atoms with Crippen molar-refractivity contribution in [2.45, 2.75) is 25.7 Å². The second kappa shape index (κ2) is 7.96. The summed E-state index contributed by atoms with van der Waals surface area (Å²) in [6, 6.07) is 18.0. The summed E-state index contributed by atoms with van der Waals surface area (Å²) in [6.45, 7) is 0. The number of fused-ring (bicyclic) bond motifs is 5. The van der Waals surface area contributed by atoms with Gasteiger partial charge in [-0.1, -0.05) is 48.5 Å². The number of rotatable bonds is 0. The molecule has 0 fully saturated rings. The molecule has 0 aromatic heterocycles. The second-order valence-corrected chi connectivity index (χ2v) is 5.58. The van der Waals surface area contributed by atoms with E-state index >= 15 is 0 Å². The summed E-state index contributed by atoms with van der Waals surface area (Å²) in [5, 5.41) is 30.9. The van der Waals surface area contributed by atoms with Crippen molar-refractivity contribution in [1.82, 2.24) is 0 Å². The van der Waals surface area contributed by atoms with E-state index in [0.717, 1.165) is 0 Å². The minimum absolute atomic E-state index is 0. The second-order valence-electron chi connectivity index (χ2n) is 5.58. The van der Waals surface area contributed by atoms with E-state index in [1.807, 2.05) is 0 Å². The van der Waals surface area contributed by atoms with Gasteiger partial charge in [0, 0.05) is 0 Å². The molecule has 0 unspecified atom stereocenters. The molecule has 0 bridgehead atoms. The van der Waals surface area contributed by atoms with Crippen molar-refractivity contribution in [2.75, 3.05) is 0 Å². The zero-order valence-electron chi connectivity index (χ0n) is 12.6. The maximum Gasteiger partial charge on any atom is 3.00 e. The molecule has 23 heavy (non-hydrogen) atoms. The Morgan fingerprint density at radius 1 is 0.696 bits per heavy atom. The third kappa shape index (κ3) is 3.95.